The summed E-state index contributed by atoms with van der Waals surface area (Å²) in [6, 6.07) is 14.4. The van der Waals surface area contributed by atoms with Crippen molar-refractivity contribution in [2.24, 2.45) is 0 Å². The lowest BCUT2D eigenvalue weighted by Crippen LogP contribution is -2.20. The first-order valence-corrected chi connectivity index (χ1v) is 10.2. The lowest BCUT2D eigenvalue weighted by Gasteiger charge is -2.07. The maximum absolute atomic E-state index is 12.6. The van der Waals surface area contributed by atoms with Crippen LogP contribution in [0.5, 0.6) is 0 Å². The van der Waals surface area contributed by atoms with Gasteiger partial charge in [0.1, 0.15) is 17.9 Å². The molecule has 2 aromatic carbocycles. The van der Waals surface area contributed by atoms with E-state index in [0.29, 0.717) is 28.5 Å². The van der Waals surface area contributed by atoms with Crippen LogP contribution in [0, 0.1) is 6.92 Å². The third-order valence-corrected chi connectivity index (χ3v) is 5.10. The van der Waals surface area contributed by atoms with Crippen molar-refractivity contribution in [2.45, 2.75) is 20.4 Å². The van der Waals surface area contributed by atoms with Crippen molar-refractivity contribution in [3.05, 3.63) is 59.7 Å². The topological polar surface area (TPSA) is 141 Å². The number of rotatable bonds is 7. The molecular weight excluding hydrogens is 422 g/mol. The monoisotopic (exact) mass is 445 g/mol. The molecule has 168 valence electrons. The zero-order valence-electron chi connectivity index (χ0n) is 18.4. The first-order chi connectivity index (χ1) is 15.9. The van der Waals surface area contributed by atoms with E-state index in [1.165, 1.54) is 11.6 Å². The Kier molecular flexibility index (Phi) is 5.90. The number of carbonyl (C=O) groups excluding carboxylic acids is 2. The number of nitrogens with zero attached hydrogens (tertiary/aromatic N) is 4. The molecule has 4 N–H and O–H groups in total. The van der Waals surface area contributed by atoms with Gasteiger partial charge in [0.25, 0.3) is 5.89 Å². The molecule has 2 heterocycles. The smallest absolute Gasteiger partial charge is 0.265 e. The third-order valence-electron chi connectivity index (χ3n) is 5.10. The van der Waals surface area contributed by atoms with Gasteiger partial charge in [-0.3, -0.25) is 9.59 Å². The molecule has 33 heavy (non-hydrogen) atoms. The predicted octanol–water partition coefficient (Wildman–Crippen LogP) is 3.37. The number of hydrogen-bond acceptors (Lipinski definition) is 8. The Balaban J connectivity index is 1.58. The van der Waals surface area contributed by atoms with Crippen LogP contribution >= 0.6 is 0 Å². The molecule has 0 unspecified atom stereocenters. The van der Waals surface area contributed by atoms with E-state index in [1.807, 2.05) is 31.2 Å². The summed E-state index contributed by atoms with van der Waals surface area (Å²) < 4.78 is 6.82. The van der Waals surface area contributed by atoms with E-state index in [9.17, 15) is 9.59 Å². The molecule has 0 aliphatic rings. The number of nitrogens with two attached hydrogens (primary N) is 1. The molecule has 4 aromatic rings. The van der Waals surface area contributed by atoms with E-state index in [0.717, 1.165) is 11.1 Å². The molecule has 0 saturated carbocycles. The minimum atomic E-state index is -0.356. The standard InChI is InChI=1S/C23H23N7O3/c1-13-7-4-5-10-17(13)21-27-23(33-29-21)19-20(24)30(28-22(19)25-3)12-18(32)26-16-9-6-8-15(11-16)14(2)31/h4-11H,12,24H2,1-3H3,(H,25,28)(H,26,32). The number of ketones is 1. The second-order valence-corrected chi connectivity index (χ2v) is 7.44. The summed E-state index contributed by atoms with van der Waals surface area (Å²) >= 11 is 0. The van der Waals surface area contributed by atoms with Crippen LogP contribution in [-0.4, -0.2) is 38.7 Å². The second kappa shape index (κ2) is 8.95. The van der Waals surface area contributed by atoms with Gasteiger partial charge in [0, 0.05) is 23.9 Å². The Hall–Kier alpha value is -4.47. The molecule has 0 bridgehead atoms. The predicted molar refractivity (Wildman–Crippen MR) is 125 cm³/mol. The highest BCUT2D eigenvalue weighted by molar-refractivity contribution is 5.97. The number of benzene rings is 2. The van der Waals surface area contributed by atoms with Crippen molar-refractivity contribution in [1.82, 2.24) is 19.9 Å². The van der Waals surface area contributed by atoms with E-state index < -0.39 is 0 Å². The van der Waals surface area contributed by atoms with Crippen LogP contribution in [0.2, 0.25) is 0 Å². The lowest BCUT2D eigenvalue weighted by atomic mass is 10.1. The van der Waals surface area contributed by atoms with Crippen LogP contribution < -0.4 is 16.4 Å². The number of aromatic nitrogens is 4. The zero-order valence-corrected chi connectivity index (χ0v) is 18.4. The minimum Gasteiger partial charge on any atom is -0.383 e. The highest BCUT2D eigenvalue weighted by atomic mass is 16.5. The lowest BCUT2D eigenvalue weighted by molar-refractivity contribution is -0.116. The minimum absolute atomic E-state index is 0.0876. The number of carbonyl (C=O) groups is 2. The highest BCUT2D eigenvalue weighted by Gasteiger charge is 2.24. The summed E-state index contributed by atoms with van der Waals surface area (Å²) in [5.41, 5.74) is 9.58. The fourth-order valence-electron chi connectivity index (χ4n) is 3.39. The van der Waals surface area contributed by atoms with Gasteiger partial charge in [-0.05, 0) is 31.5 Å². The summed E-state index contributed by atoms with van der Waals surface area (Å²) in [6.07, 6.45) is 0. The van der Waals surface area contributed by atoms with E-state index in [4.69, 9.17) is 10.3 Å². The van der Waals surface area contributed by atoms with Crippen molar-refractivity contribution >= 4 is 29.0 Å². The first kappa shape index (κ1) is 21.8. The van der Waals surface area contributed by atoms with Gasteiger partial charge in [-0.15, -0.1) is 0 Å². The summed E-state index contributed by atoms with van der Waals surface area (Å²) in [5, 5.41) is 14.1. The number of nitrogens with one attached hydrogen (secondary N) is 2. The number of hydrogen-bond donors (Lipinski definition) is 3. The molecule has 0 radical (unpaired) electrons. The van der Waals surface area contributed by atoms with Gasteiger partial charge >= 0.3 is 0 Å². The van der Waals surface area contributed by atoms with Crippen molar-refractivity contribution in [3.63, 3.8) is 0 Å². The molecule has 1 amide bonds. The molecule has 0 saturated heterocycles. The summed E-state index contributed by atoms with van der Waals surface area (Å²) in [5.74, 6) is 0.780. The molecular formula is C23H23N7O3. The van der Waals surface area contributed by atoms with E-state index >= 15 is 0 Å². The molecule has 0 spiro atoms. The van der Waals surface area contributed by atoms with Crippen LogP contribution in [-0.2, 0) is 11.3 Å². The quantitative estimate of drug-likeness (QED) is 0.368. The van der Waals surface area contributed by atoms with E-state index in [1.54, 1.807) is 31.3 Å². The number of anilines is 3. The second-order valence-electron chi connectivity index (χ2n) is 7.44. The molecule has 0 atom stereocenters. The Bertz CT molecular complexity index is 1340. The van der Waals surface area contributed by atoms with Crippen molar-refractivity contribution in [3.8, 4) is 22.8 Å². The zero-order chi connectivity index (χ0) is 23.5. The molecule has 4 rings (SSSR count). The first-order valence-electron chi connectivity index (χ1n) is 10.2. The Morgan fingerprint density at radius 2 is 1.94 bits per heavy atom. The van der Waals surface area contributed by atoms with E-state index in [-0.39, 0.29) is 29.9 Å². The summed E-state index contributed by atoms with van der Waals surface area (Å²) in [7, 11) is 1.68. The Morgan fingerprint density at radius 3 is 2.67 bits per heavy atom. The molecule has 2 aromatic heterocycles. The van der Waals surface area contributed by atoms with E-state index in [2.05, 4.69) is 25.9 Å². The SMILES string of the molecule is CNc1nn(CC(=O)Nc2cccc(C(C)=O)c2)c(N)c1-c1nc(-c2ccccc2C)no1. The molecule has 0 aliphatic heterocycles. The van der Waals surface area contributed by atoms with Gasteiger partial charge in [0.15, 0.2) is 11.6 Å². The summed E-state index contributed by atoms with van der Waals surface area (Å²) in [6.45, 7) is 3.28. The van der Waals surface area contributed by atoms with Crippen molar-refractivity contribution in [2.75, 3.05) is 23.4 Å². The number of aryl methyl sites for hydroxylation is 1. The van der Waals surface area contributed by atoms with Gasteiger partial charge in [0.2, 0.25) is 11.7 Å². The van der Waals surface area contributed by atoms with Gasteiger partial charge < -0.3 is 20.9 Å². The summed E-state index contributed by atoms with van der Waals surface area (Å²) in [4.78, 5) is 28.7. The normalized spacial score (nSPS) is 10.8. The average Bonchev–Trinajstić information content (AvgIpc) is 3.38. The average molecular weight is 445 g/mol. The van der Waals surface area contributed by atoms with Gasteiger partial charge in [-0.2, -0.15) is 10.1 Å². The van der Waals surface area contributed by atoms with Crippen LogP contribution in [0.25, 0.3) is 22.8 Å². The highest BCUT2D eigenvalue weighted by Crippen LogP contribution is 2.33. The molecule has 10 nitrogen and oxygen atoms in total. The molecule has 10 heteroatoms. The van der Waals surface area contributed by atoms with Gasteiger partial charge in [-0.1, -0.05) is 41.6 Å². The number of Topliss-reactive ketones (excluding diaryl/α,β-unsaturated/α-hetero) is 1. The maximum Gasteiger partial charge on any atom is 0.265 e. The number of nitrogen functional groups attached to an aromatic ring is 1. The Morgan fingerprint density at radius 1 is 1.15 bits per heavy atom. The van der Waals surface area contributed by atoms with Crippen molar-refractivity contribution in [1.29, 1.82) is 0 Å². The largest absolute Gasteiger partial charge is 0.383 e. The fraction of sp³-hybridized carbons (Fsp3) is 0.174. The molecule has 0 aliphatic carbocycles. The van der Waals surface area contributed by atoms with Crippen LogP contribution in [0.4, 0.5) is 17.3 Å². The number of amides is 1. The van der Waals surface area contributed by atoms with Crippen LogP contribution in [0.15, 0.2) is 53.1 Å². The third kappa shape index (κ3) is 4.45. The fourth-order valence-corrected chi connectivity index (χ4v) is 3.39. The van der Waals surface area contributed by atoms with Gasteiger partial charge in [-0.25, -0.2) is 4.68 Å². The van der Waals surface area contributed by atoms with Crippen LogP contribution in [0.1, 0.15) is 22.8 Å². The van der Waals surface area contributed by atoms with Crippen LogP contribution in [0.3, 0.4) is 0 Å². The molecule has 0 fully saturated rings. The maximum atomic E-state index is 12.6. The Labute approximate surface area is 189 Å². The van der Waals surface area contributed by atoms with Gasteiger partial charge in [0.05, 0.1) is 0 Å². The van der Waals surface area contributed by atoms with Crippen molar-refractivity contribution < 1.29 is 14.1 Å².